The quantitative estimate of drug-likeness (QED) is 0.301. The average Bonchev–Trinajstić information content (AvgIpc) is 3.19. The lowest BCUT2D eigenvalue weighted by Crippen LogP contribution is -2.08. The van der Waals surface area contributed by atoms with Crippen LogP contribution >= 0.6 is 0 Å². The zero-order valence-electron chi connectivity index (χ0n) is 18.1. The Labute approximate surface area is 183 Å². The van der Waals surface area contributed by atoms with Crippen molar-refractivity contribution in [3.8, 4) is 28.9 Å². The van der Waals surface area contributed by atoms with Crippen LogP contribution < -0.4 is 4.74 Å². The minimum Gasteiger partial charge on any atom is -0.494 e. The van der Waals surface area contributed by atoms with Crippen molar-refractivity contribution in [1.82, 2.24) is 9.55 Å². The first kappa shape index (κ1) is 20.7. The van der Waals surface area contributed by atoms with E-state index in [1.54, 1.807) is 0 Å². The number of hydrogen-bond donors (Lipinski definition) is 0. The van der Waals surface area contributed by atoms with Crippen LogP contribution in [-0.2, 0) is 0 Å². The van der Waals surface area contributed by atoms with Gasteiger partial charge in [-0.2, -0.15) is 5.26 Å². The molecule has 0 aliphatic heterocycles. The van der Waals surface area contributed by atoms with Crippen LogP contribution in [0, 0.1) is 16.7 Å². The first-order valence-electron chi connectivity index (χ1n) is 10.7. The molecule has 0 aliphatic rings. The highest BCUT2D eigenvalue weighted by atomic mass is 16.5. The zero-order valence-corrected chi connectivity index (χ0v) is 18.1. The second kappa shape index (κ2) is 9.06. The summed E-state index contributed by atoms with van der Waals surface area (Å²) in [5.41, 5.74) is 3.83. The summed E-state index contributed by atoms with van der Waals surface area (Å²) in [6.07, 6.45) is 2.78. The molecule has 0 bridgehead atoms. The van der Waals surface area contributed by atoms with Gasteiger partial charge >= 0.3 is 0 Å². The molecule has 31 heavy (non-hydrogen) atoms. The fraction of sp³-hybridized carbons (Fsp3) is 0.259. The van der Waals surface area contributed by atoms with E-state index in [2.05, 4.69) is 41.0 Å². The molecule has 3 aromatic carbocycles. The monoisotopic (exact) mass is 409 g/mol. The molecule has 0 radical (unpaired) electrons. The Hall–Kier alpha value is -3.58. The van der Waals surface area contributed by atoms with Gasteiger partial charge in [-0.05, 0) is 57.4 Å². The number of unbranched alkanes of at least 4 members (excludes halogenated alkanes) is 1. The Bertz CT molecular complexity index is 1190. The minimum absolute atomic E-state index is 0.269. The Kier molecular flexibility index (Phi) is 6.04. The average molecular weight is 410 g/mol. The molecule has 0 saturated carbocycles. The van der Waals surface area contributed by atoms with Crippen molar-refractivity contribution in [3.63, 3.8) is 0 Å². The molecule has 0 fully saturated rings. The van der Waals surface area contributed by atoms with E-state index in [1.165, 1.54) is 0 Å². The van der Waals surface area contributed by atoms with Crippen molar-refractivity contribution in [2.24, 2.45) is 5.41 Å². The number of hydrogen-bond acceptors (Lipinski definition) is 3. The molecular weight excluding hydrogens is 382 g/mol. The summed E-state index contributed by atoms with van der Waals surface area (Å²) in [4.78, 5) is 4.92. The lowest BCUT2D eigenvalue weighted by Gasteiger charge is -2.14. The number of rotatable bonds is 8. The topological polar surface area (TPSA) is 50.8 Å². The van der Waals surface area contributed by atoms with E-state index in [9.17, 15) is 0 Å². The van der Waals surface area contributed by atoms with Gasteiger partial charge in [0.05, 0.1) is 29.1 Å². The van der Waals surface area contributed by atoms with Crippen LogP contribution in [0.3, 0.4) is 0 Å². The molecule has 0 saturated heterocycles. The molecule has 1 heterocycles. The van der Waals surface area contributed by atoms with E-state index >= 15 is 0 Å². The van der Waals surface area contributed by atoms with Gasteiger partial charge in [0, 0.05) is 17.3 Å². The van der Waals surface area contributed by atoms with Crippen molar-refractivity contribution in [2.45, 2.75) is 33.1 Å². The Morgan fingerprint density at radius 2 is 1.65 bits per heavy atom. The van der Waals surface area contributed by atoms with Gasteiger partial charge in [-0.3, -0.25) is 4.57 Å². The number of ether oxygens (including phenoxy) is 1. The highest BCUT2D eigenvalue weighted by molar-refractivity contribution is 5.84. The third-order valence-corrected chi connectivity index (χ3v) is 5.44. The maximum atomic E-state index is 9.14. The molecular formula is C27H27N3O. The fourth-order valence-corrected chi connectivity index (χ4v) is 3.68. The van der Waals surface area contributed by atoms with E-state index < -0.39 is 0 Å². The maximum Gasteiger partial charge on any atom is 0.145 e. The van der Waals surface area contributed by atoms with Gasteiger partial charge in [-0.1, -0.05) is 48.5 Å². The summed E-state index contributed by atoms with van der Waals surface area (Å²) in [6, 6.07) is 29.0. The molecule has 156 valence electrons. The molecule has 0 atom stereocenters. The number of fused-ring (bicyclic) bond motifs is 1. The van der Waals surface area contributed by atoms with Crippen LogP contribution in [-0.4, -0.2) is 16.2 Å². The van der Waals surface area contributed by atoms with E-state index in [1.807, 2.05) is 62.4 Å². The molecule has 0 N–H and O–H groups in total. The van der Waals surface area contributed by atoms with Gasteiger partial charge in [0.25, 0.3) is 0 Å². The normalized spacial score (nSPS) is 11.4. The van der Waals surface area contributed by atoms with Crippen molar-refractivity contribution >= 4 is 11.0 Å². The van der Waals surface area contributed by atoms with Gasteiger partial charge in [0.15, 0.2) is 0 Å². The summed E-state index contributed by atoms with van der Waals surface area (Å²) in [5.74, 6) is 1.75. The van der Waals surface area contributed by atoms with E-state index in [4.69, 9.17) is 15.0 Å². The predicted molar refractivity (Wildman–Crippen MR) is 125 cm³/mol. The summed E-state index contributed by atoms with van der Waals surface area (Å²) in [5, 5.41) is 9.14. The van der Waals surface area contributed by atoms with Crippen LogP contribution in [0.2, 0.25) is 0 Å². The van der Waals surface area contributed by atoms with Gasteiger partial charge in [-0.15, -0.1) is 0 Å². The molecule has 4 rings (SSSR count). The lowest BCUT2D eigenvalue weighted by molar-refractivity contribution is 0.295. The number of para-hydroxylation sites is 1. The number of benzene rings is 3. The van der Waals surface area contributed by atoms with Crippen LogP contribution in [0.15, 0.2) is 78.9 Å². The number of nitriles is 1. The molecule has 0 amide bonds. The summed E-state index contributed by atoms with van der Waals surface area (Å²) in [7, 11) is 0. The number of nitrogens with zero attached hydrogens (tertiary/aromatic N) is 3. The van der Waals surface area contributed by atoms with Crippen molar-refractivity contribution in [3.05, 3.63) is 78.9 Å². The largest absolute Gasteiger partial charge is 0.494 e. The molecule has 0 spiro atoms. The van der Waals surface area contributed by atoms with Crippen molar-refractivity contribution in [1.29, 1.82) is 5.26 Å². The smallest absolute Gasteiger partial charge is 0.145 e. The second-order valence-corrected chi connectivity index (χ2v) is 8.42. The molecule has 0 unspecified atom stereocenters. The third-order valence-electron chi connectivity index (χ3n) is 5.44. The molecule has 4 nitrogen and oxygen atoms in total. The molecule has 0 aliphatic carbocycles. The first-order valence-corrected chi connectivity index (χ1v) is 10.7. The van der Waals surface area contributed by atoms with Crippen molar-refractivity contribution in [2.75, 3.05) is 6.61 Å². The molecule has 4 heteroatoms. The summed E-state index contributed by atoms with van der Waals surface area (Å²) < 4.78 is 8.23. The number of aromatic nitrogens is 2. The SMILES string of the molecule is CC(C)(C#N)CCCCOc1ccc2nc(-c3ccccc3)n(-c3ccccc3)c2c1. The Balaban J connectivity index is 1.61. The first-order chi connectivity index (χ1) is 15.1. The third kappa shape index (κ3) is 4.78. The molecule has 4 aromatic rings. The van der Waals surface area contributed by atoms with Gasteiger partial charge in [-0.25, -0.2) is 4.98 Å². The van der Waals surface area contributed by atoms with Crippen LogP contribution in [0.25, 0.3) is 28.1 Å². The van der Waals surface area contributed by atoms with Crippen LogP contribution in [0.4, 0.5) is 0 Å². The lowest BCUT2D eigenvalue weighted by atomic mass is 9.89. The van der Waals surface area contributed by atoms with E-state index in [0.29, 0.717) is 6.61 Å². The maximum absolute atomic E-state index is 9.14. The summed E-state index contributed by atoms with van der Waals surface area (Å²) >= 11 is 0. The number of imidazole rings is 1. The summed E-state index contributed by atoms with van der Waals surface area (Å²) in [6.45, 7) is 4.60. The van der Waals surface area contributed by atoms with Crippen molar-refractivity contribution < 1.29 is 4.74 Å². The Morgan fingerprint density at radius 3 is 2.35 bits per heavy atom. The minimum atomic E-state index is -0.269. The second-order valence-electron chi connectivity index (χ2n) is 8.42. The van der Waals surface area contributed by atoms with Crippen LogP contribution in [0.1, 0.15) is 33.1 Å². The standard InChI is InChI=1S/C27H27N3O/c1-27(2,20-28)17-9-10-18-31-23-15-16-24-25(19-23)30(22-13-7-4-8-14-22)26(29-24)21-11-5-3-6-12-21/h3-8,11-16,19H,9-10,17-18H2,1-2H3. The van der Waals surface area contributed by atoms with E-state index in [0.717, 1.165) is 53.1 Å². The highest BCUT2D eigenvalue weighted by Crippen LogP contribution is 2.31. The zero-order chi connectivity index (χ0) is 21.7. The Morgan fingerprint density at radius 1 is 0.935 bits per heavy atom. The highest BCUT2D eigenvalue weighted by Gasteiger charge is 2.16. The predicted octanol–water partition coefficient (Wildman–Crippen LogP) is 6.79. The van der Waals surface area contributed by atoms with Gasteiger partial charge in [0.1, 0.15) is 11.6 Å². The van der Waals surface area contributed by atoms with Gasteiger partial charge in [0.2, 0.25) is 0 Å². The fourth-order valence-electron chi connectivity index (χ4n) is 3.68. The molecule has 1 aromatic heterocycles. The van der Waals surface area contributed by atoms with Gasteiger partial charge < -0.3 is 4.74 Å². The van der Waals surface area contributed by atoms with E-state index in [-0.39, 0.29) is 5.41 Å². The van der Waals surface area contributed by atoms with Crippen LogP contribution in [0.5, 0.6) is 5.75 Å².